The zero-order chi connectivity index (χ0) is 21.5. The molecule has 0 aromatic carbocycles. The Kier molecular flexibility index (Phi) is 8.34. The lowest BCUT2D eigenvalue weighted by Crippen LogP contribution is -2.52. The van der Waals surface area contributed by atoms with Crippen molar-refractivity contribution in [1.82, 2.24) is 19.7 Å². The summed E-state index contributed by atoms with van der Waals surface area (Å²) in [5, 5.41) is 0. The van der Waals surface area contributed by atoms with Gasteiger partial charge in [0.1, 0.15) is 0 Å². The van der Waals surface area contributed by atoms with Crippen LogP contribution in [0.15, 0.2) is 24.5 Å². The molecule has 3 aliphatic heterocycles. The number of piperidine rings is 3. The summed E-state index contributed by atoms with van der Waals surface area (Å²) in [6, 6.07) is 4.83. The number of amides is 1. The molecule has 1 aromatic heterocycles. The summed E-state index contributed by atoms with van der Waals surface area (Å²) < 4.78 is 5.23. The summed E-state index contributed by atoms with van der Waals surface area (Å²) in [5.41, 5.74) is 1.30. The van der Waals surface area contributed by atoms with Crippen LogP contribution in [0.2, 0.25) is 0 Å². The van der Waals surface area contributed by atoms with Crippen LogP contribution < -0.4 is 0 Å². The number of hydrogen-bond donors (Lipinski definition) is 0. The van der Waals surface area contributed by atoms with Crippen LogP contribution in [0.1, 0.15) is 50.5 Å². The summed E-state index contributed by atoms with van der Waals surface area (Å²) in [6.07, 6.45) is 11.9. The number of methoxy groups -OCH3 is 1. The Labute approximate surface area is 187 Å². The first-order chi connectivity index (χ1) is 15.2. The Hall–Kier alpha value is -1.50. The third-order valence-electron chi connectivity index (χ3n) is 7.66. The Bertz CT molecular complexity index is 669. The van der Waals surface area contributed by atoms with Gasteiger partial charge in [-0.15, -0.1) is 0 Å². The van der Waals surface area contributed by atoms with E-state index in [0.29, 0.717) is 11.9 Å². The normalized spacial score (nSPS) is 25.1. The molecular weight excluding hydrogens is 388 g/mol. The number of nitrogens with zero attached hydrogens (tertiary/aromatic N) is 4. The monoisotopic (exact) mass is 428 g/mol. The lowest BCUT2D eigenvalue weighted by atomic mass is 9.90. The van der Waals surface area contributed by atoms with Crippen molar-refractivity contribution < 1.29 is 9.53 Å². The van der Waals surface area contributed by atoms with Crippen molar-refractivity contribution in [1.29, 1.82) is 0 Å². The quantitative estimate of drug-likeness (QED) is 0.668. The van der Waals surface area contributed by atoms with Gasteiger partial charge >= 0.3 is 0 Å². The van der Waals surface area contributed by atoms with E-state index in [-0.39, 0.29) is 5.92 Å². The molecule has 0 radical (unpaired) electrons. The minimum Gasteiger partial charge on any atom is -0.385 e. The molecular formula is C25H40N4O2. The van der Waals surface area contributed by atoms with Gasteiger partial charge in [0.25, 0.3) is 0 Å². The zero-order valence-electron chi connectivity index (χ0n) is 19.3. The van der Waals surface area contributed by atoms with Gasteiger partial charge in [-0.05, 0) is 82.1 Å². The van der Waals surface area contributed by atoms with E-state index in [2.05, 4.69) is 25.8 Å². The van der Waals surface area contributed by atoms with Gasteiger partial charge in [-0.3, -0.25) is 19.6 Å². The van der Waals surface area contributed by atoms with Gasteiger partial charge in [0.2, 0.25) is 5.91 Å². The van der Waals surface area contributed by atoms with Gasteiger partial charge in [-0.1, -0.05) is 6.07 Å². The SMILES string of the molecule is COCCC1CCN(C(=O)C2CCCN(C3CCN(Cc4cccnc4)CC3)C2)CC1. The van der Waals surface area contributed by atoms with E-state index in [1.807, 2.05) is 18.5 Å². The molecule has 3 aliphatic rings. The Morgan fingerprint density at radius 2 is 1.90 bits per heavy atom. The Balaban J connectivity index is 1.21. The maximum Gasteiger partial charge on any atom is 0.226 e. The summed E-state index contributed by atoms with van der Waals surface area (Å²) >= 11 is 0. The number of ether oxygens (including phenoxy) is 1. The van der Waals surface area contributed by atoms with E-state index in [4.69, 9.17) is 4.74 Å². The molecule has 0 saturated carbocycles. The van der Waals surface area contributed by atoms with E-state index >= 15 is 0 Å². The Morgan fingerprint density at radius 1 is 1.10 bits per heavy atom. The maximum atomic E-state index is 13.2. The van der Waals surface area contributed by atoms with Crippen LogP contribution in [0.4, 0.5) is 0 Å². The van der Waals surface area contributed by atoms with Crippen molar-refractivity contribution in [3.63, 3.8) is 0 Å². The molecule has 0 N–H and O–H groups in total. The summed E-state index contributed by atoms with van der Waals surface area (Å²) in [4.78, 5) is 24.8. The number of carbonyl (C=O) groups excluding carboxylic acids is 1. The molecule has 4 rings (SSSR count). The van der Waals surface area contributed by atoms with E-state index in [1.165, 1.54) is 18.4 Å². The first-order valence-electron chi connectivity index (χ1n) is 12.4. The number of hydrogen-bond acceptors (Lipinski definition) is 5. The predicted molar refractivity (Wildman–Crippen MR) is 123 cm³/mol. The lowest BCUT2D eigenvalue weighted by molar-refractivity contribution is -0.139. The second kappa shape index (κ2) is 11.4. The fraction of sp³-hybridized carbons (Fsp3) is 0.760. The fourth-order valence-corrected chi connectivity index (χ4v) is 5.72. The molecule has 1 amide bonds. The third-order valence-corrected chi connectivity index (χ3v) is 7.66. The molecule has 4 heterocycles. The molecule has 6 nitrogen and oxygen atoms in total. The standard InChI is InChI=1S/C25H40N4O2/c1-31-17-10-21-6-15-28(16-7-21)25(30)23-5-3-12-29(20-23)24-8-13-27(14-9-24)19-22-4-2-11-26-18-22/h2,4,11,18,21,23-24H,3,5-10,12-17,19-20H2,1H3. The summed E-state index contributed by atoms with van der Waals surface area (Å²) in [5.74, 6) is 1.35. The molecule has 0 aliphatic carbocycles. The summed E-state index contributed by atoms with van der Waals surface area (Å²) in [6.45, 7) is 8.14. The van der Waals surface area contributed by atoms with Gasteiger partial charge in [-0.25, -0.2) is 0 Å². The average Bonchev–Trinajstić information content (AvgIpc) is 2.84. The van der Waals surface area contributed by atoms with Crippen LogP contribution in [0.3, 0.4) is 0 Å². The molecule has 3 saturated heterocycles. The van der Waals surface area contributed by atoms with Crippen molar-refractivity contribution in [3.05, 3.63) is 30.1 Å². The highest BCUT2D eigenvalue weighted by atomic mass is 16.5. The summed E-state index contributed by atoms with van der Waals surface area (Å²) in [7, 11) is 1.78. The van der Waals surface area contributed by atoms with Gasteiger partial charge in [0.05, 0.1) is 5.92 Å². The first kappa shape index (κ1) is 22.7. The highest BCUT2D eigenvalue weighted by Gasteiger charge is 2.34. The van der Waals surface area contributed by atoms with Gasteiger partial charge in [0.15, 0.2) is 0 Å². The molecule has 6 heteroatoms. The highest BCUT2D eigenvalue weighted by molar-refractivity contribution is 5.79. The van der Waals surface area contributed by atoms with Crippen LogP contribution in [0.5, 0.6) is 0 Å². The minimum atomic E-state index is 0.206. The Morgan fingerprint density at radius 3 is 2.61 bits per heavy atom. The van der Waals surface area contributed by atoms with Gasteiger partial charge in [0, 0.05) is 58.3 Å². The second-order valence-electron chi connectivity index (χ2n) is 9.75. The van der Waals surface area contributed by atoms with Crippen LogP contribution in [-0.4, -0.2) is 84.6 Å². The van der Waals surface area contributed by atoms with E-state index in [9.17, 15) is 4.79 Å². The van der Waals surface area contributed by atoms with Crippen LogP contribution in [-0.2, 0) is 16.1 Å². The number of likely N-dealkylation sites (tertiary alicyclic amines) is 3. The van der Waals surface area contributed by atoms with Crippen LogP contribution in [0, 0.1) is 11.8 Å². The van der Waals surface area contributed by atoms with E-state index in [0.717, 1.165) is 90.4 Å². The van der Waals surface area contributed by atoms with Crippen molar-refractivity contribution in [2.24, 2.45) is 11.8 Å². The molecule has 172 valence electrons. The van der Waals surface area contributed by atoms with Gasteiger partial charge < -0.3 is 9.64 Å². The maximum absolute atomic E-state index is 13.2. The first-order valence-corrected chi connectivity index (χ1v) is 12.4. The van der Waals surface area contributed by atoms with E-state index < -0.39 is 0 Å². The predicted octanol–water partition coefficient (Wildman–Crippen LogP) is 3.03. The number of carbonyl (C=O) groups is 1. The molecule has 31 heavy (non-hydrogen) atoms. The van der Waals surface area contributed by atoms with Crippen molar-refractivity contribution >= 4 is 5.91 Å². The third kappa shape index (κ3) is 6.27. The van der Waals surface area contributed by atoms with Crippen LogP contribution >= 0.6 is 0 Å². The second-order valence-corrected chi connectivity index (χ2v) is 9.75. The van der Waals surface area contributed by atoms with Crippen molar-refractivity contribution in [2.75, 3.05) is 53.0 Å². The minimum absolute atomic E-state index is 0.206. The molecule has 1 unspecified atom stereocenters. The molecule has 1 atom stereocenters. The largest absolute Gasteiger partial charge is 0.385 e. The smallest absolute Gasteiger partial charge is 0.226 e. The zero-order valence-corrected chi connectivity index (χ0v) is 19.3. The fourth-order valence-electron chi connectivity index (χ4n) is 5.72. The van der Waals surface area contributed by atoms with Crippen LogP contribution in [0.25, 0.3) is 0 Å². The molecule has 1 aromatic rings. The van der Waals surface area contributed by atoms with E-state index in [1.54, 1.807) is 7.11 Å². The molecule has 0 spiro atoms. The number of pyridine rings is 1. The van der Waals surface area contributed by atoms with Crippen molar-refractivity contribution in [2.45, 2.75) is 57.5 Å². The number of rotatable bonds is 7. The molecule has 3 fully saturated rings. The molecule has 0 bridgehead atoms. The van der Waals surface area contributed by atoms with Gasteiger partial charge in [-0.2, -0.15) is 0 Å². The average molecular weight is 429 g/mol. The highest BCUT2D eigenvalue weighted by Crippen LogP contribution is 2.28. The topological polar surface area (TPSA) is 48.9 Å². The number of aromatic nitrogens is 1. The lowest BCUT2D eigenvalue weighted by Gasteiger charge is -2.43. The van der Waals surface area contributed by atoms with Crippen molar-refractivity contribution in [3.8, 4) is 0 Å².